The zero-order chi connectivity index (χ0) is 47.5. The Bertz CT molecular complexity index is 3410. The number of hydrogen-bond acceptors (Lipinski definition) is 13. The summed E-state index contributed by atoms with van der Waals surface area (Å²) in [6.45, 7) is 5.86. The van der Waals surface area contributed by atoms with E-state index in [2.05, 4.69) is 24.2 Å². The Labute approximate surface area is 400 Å². The van der Waals surface area contributed by atoms with Crippen LogP contribution >= 0.6 is 0 Å². The summed E-state index contributed by atoms with van der Waals surface area (Å²) in [5, 5.41) is 9.74. The van der Waals surface area contributed by atoms with Crippen LogP contribution in [0.4, 0.5) is 11.4 Å². The van der Waals surface area contributed by atoms with E-state index in [0.29, 0.717) is 90.6 Å². The predicted octanol–water partition coefficient (Wildman–Crippen LogP) is 6.87. The third kappa shape index (κ3) is 10.1. The first-order valence-electron chi connectivity index (χ1n) is 22.7. The van der Waals surface area contributed by atoms with Crippen molar-refractivity contribution in [3.05, 3.63) is 156 Å². The van der Waals surface area contributed by atoms with Crippen molar-refractivity contribution in [2.75, 3.05) is 62.4 Å². The molecule has 352 valence electrons. The van der Waals surface area contributed by atoms with Gasteiger partial charge in [0, 0.05) is 68.4 Å². The van der Waals surface area contributed by atoms with Crippen molar-refractivity contribution in [1.82, 2.24) is 29.4 Å². The lowest BCUT2D eigenvalue weighted by molar-refractivity contribution is 0.00363. The highest BCUT2D eigenvalue weighted by Crippen LogP contribution is 2.38. The maximum atomic E-state index is 14.0. The molecule has 4 aromatic heterocycles. The molecule has 6 heterocycles. The number of benzene rings is 4. The van der Waals surface area contributed by atoms with Crippen molar-refractivity contribution >= 4 is 53.5 Å². The van der Waals surface area contributed by atoms with Gasteiger partial charge in [-0.2, -0.15) is 0 Å². The summed E-state index contributed by atoms with van der Waals surface area (Å²) in [6.07, 6.45) is 3.26. The van der Waals surface area contributed by atoms with Crippen molar-refractivity contribution < 1.29 is 31.4 Å². The van der Waals surface area contributed by atoms with Crippen molar-refractivity contribution in [2.45, 2.75) is 35.9 Å². The van der Waals surface area contributed by atoms with E-state index in [0.717, 1.165) is 39.2 Å². The fourth-order valence-corrected chi connectivity index (χ4v) is 11.1. The highest BCUT2D eigenvalue weighted by Gasteiger charge is 2.25. The minimum atomic E-state index is -3.98. The molecule has 0 bridgehead atoms. The number of fused-ring (bicyclic) bond motifs is 2. The van der Waals surface area contributed by atoms with E-state index in [1.807, 2.05) is 110 Å². The predicted molar refractivity (Wildman–Crippen MR) is 267 cm³/mol. The average Bonchev–Trinajstić information content (AvgIpc) is 3.39. The zero-order valence-electron chi connectivity index (χ0n) is 37.8. The molecule has 0 amide bonds. The highest BCUT2D eigenvalue weighted by molar-refractivity contribution is 7.89. The minimum absolute atomic E-state index is 0.0210. The van der Waals surface area contributed by atoms with Gasteiger partial charge in [-0.1, -0.05) is 60.7 Å². The molecule has 17 heteroatoms. The summed E-state index contributed by atoms with van der Waals surface area (Å²) in [5.74, 6) is 0. The molecule has 4 aromatic carbocycles. The van der Waals surface area contributed by atoms with E-state index in [4.69, 9.17) is 24.4 Å². The number of anilines is 2. The van der Waals surface area contributed by atoms with Gasteiger partial charge in [-0.15, -0.1) is 0 Å². The van der Waals surface area contributed by atoms with Crippen molar-refractivity contribution in [3.8, 4) is 33.6 Å². The van der Waals surface area contributed by atoms with E-state index in [-0.39, 0.29) is 35.6 Å². The Morgan fingerprint density at radius 2 is 1.30 bits per heavy atom. The van der Waals surface area contributed by atoms with E-state index >= 15 is 0 Å². The van der Waals surface area contributed by atoms with Crippen molar-refractivity contribution in [2.24, 2.45) is 0 Å². The van der Waals surface area contributed by atoms with E-state index in [1.54, 1.807) is 36.5 Å². The van der Waals surface area contributed by atoms with E-state index in [9.17, 15) is 21.9 Å². The molecule has 1 atom stereocenters. The normalized spacial score (nSPS) is 15.8. The summed E-state index contributed by atoms with van der Waals surface area (Å²) in [5.41, 5.74) is 10.9. The highest BCUT2D eigenvalue weighted by atomic mass is 32.2. The molecule has 8 aromatic rings. The minimum Gasteiger partial charge on any atom is -0.394 e. The summed E-state index contributed by atoms with van der Waals surface area (Å²) in [6, 6.07) is 38.4. The number of nitrogens with one attached hydrogen (secondary N) is 2. The molecule has 0 radical (unpaired) electrons. The summed E-state index contributed by atoms with van der Waals surface area (Å²) in [4.78, 5) is 24.1. The Balaban J connectivity index is 0.922. The van der Waals surface area contributed by atoms with Gasteiger partial charge in [0.15, 0.2) is 0 Å². The second-order valence-electron chi connectivity index (χ2n) is 17.1. The van der Waals surface area contributed by atoms with Crippen LogP contribution in [-0.2, 0) is 42.6 Å². The van der Waals surface area contributed by atoms with Gasteiger partial charge in [-0.3, -0.25) is 9.97 Å². The fraction of sp³-hybridized carbons (Fsp3) is 0.231. The number of aryl methyl sites for hydroxylation is 1. The molecule has 3 N–H and O–H groups in total. The Morgan fingerprint density at radius 1 is 0.638 bits per heavy atom. The van der Waals surface area contributed by atoms with Gasteiger partial charge in [-0.05, 0) is 95.9 Å². The molecule has 2 fully saturated rings. The van der Waals surface area contributed by atoms with Gasteiger partial charge in [0.25, 0.3) is 0 Å². The monoisotopic (exact) mass is 962 g/mol. The second kappa shape index (κ2) is 19.7. The molecule has 0 aliphatic carbocycles. The molecule has 15 nitrogen and oxygen atoms in total. The van der Waals surface area contributed by atoms with Gasteiger partial charge in [-0.25, -0.2) is 36.2 Å². The van der Waals surface area contributed by atoms with Crippen LogP contribution in [0.15, 0.2) is 150 Å². The fourth-order valence-electron chi connectivity index (χ4n) is 8.85. The standard InChI is InChI=1S/C52H50N8O7S2/c1-35-25-40(29-43(26-35)69(64,65)55-30-36-7-3-2-4-8-36)46-14-16-48-51(58-46)52(59-19-22-66-23-20-59)44(32-54-48)38-10-5-9-37(27-38)31-56-68(62,63)42-12-6-11-39(28-42)45-13-15-47-50(57-45)49(17-18-53-47)60-21-24-67-41(33-60)34-61/h2-18,25-29,32,41,55-56,61H,19-24,30-31,33-34H2,1H3/t41-/m0/s1. The first-order valence-corrected chi connectivity index (χ1v) is 25.7. The number of pyridine rings is 4. The van der Waals surface area contributed by atoms with Gasteiger partial charge in [0.05, 0.1) is 76.1 Å². The van der Waals surface area contributed by atoms with Crippen molar-refractivity contribution in [1.29, 1.82) is 0 Å². The van der Waals surface area contributed by atoms with E-state index < -0.39 is 20.0 Å². The Kier molecular flexibility index (Phi) is 13.2. The lowest BCUT2D eigenvalue weighted by atomic mass is 10.0. The first kappa shape index (κ1) is 46.1. The average molecular weight is 963 g/mol. The lowest BCUT2D eigenvalue weighted by Gasteiger charge is -2.34. The maximum Gasteiger partial charge on any atom is 0.240 e. The van der Waals surface area contributed by atoms with Crippen LogP contribution in [0.5, 0.6) is 0 Å². The van der Waals surface area contributed by atoms with E-state index in [1.165, 1.54) is 0 Å². The molecular weight excluding hydrogens is 913 g/mol. The van der Waals surface area contributed by atoms with Crippen molar-refractivity contribution in [3.63, 3.8) is 0 Å². The number of rotatable bonds is 14. The lowest BCUT2D eigenvalue weighted by Crippen LogP contribution is -2.44. The number of morpholine rings is 2. The van der Waals surface area contributed by atoms with Gasteiger partial charge < -0.3 is 24.4 Å². The number of nitrogens with zero attached hydrogens (tertiary/aromatic N) is 6. The smallest absolute Gasteiger partial charge is 0.240 e. The van der Waals surface area contributed by atoms with Crippen LogP contribution < -0.4 is 19.2 Å². The molecule has 10 rings (SSSR count). The summed E-state index contributed by atoms with van der Waals surface area (Å²) < 4.78 is 72.1. The zero-order valence-corrected chi connectivity index (χ0v) is 39.5. The Hall–Kier alpha value is -6.70. The van der Waals surface area contributed by atoms with Crippen LogP contribution in [-0.4, -0.2) is 101 Å². The SMILES string of the molecule is Cc1cc(-c2ccc3ncc(-c4cccc(CNS(=O)(=O)c5cccc(-c6ccc7nccc(N8CCO[C@H](CO)C8)c7n6)c5)c4)c(N4CCOCC4)c3n2)cc(S(=O)(=O)NCc2ccccc2)c1. The molecule has 69 heavy (non-hydrogen) atoms. The number of ether oxygens (including phenoxy) is 2. The number of aliphatic hydroxyl groups excluding tert-OH is 1. The molecule has 0 spiro atoms. The van der Waals surface area contributed by atoms with Gasteiger partial charge in [0.1, 0.15) is 11.0 Å². The number of aliphatic hydroxyl groups is 1. The second-order valence-corrected chi connectivity index (χ2v) is 20.6. The maximum absolute atomic E-state index is 14.0. The third-order valence-electron chi connectivity index (χ3n) is 12.4. The van der Waals surface area contributed by atoms with Crippen LogP contribution in [0, 0.1) is 6.92 Å². The number of hydrogen-bond donors (Lipinski definition) is 3. The van der Waals surface area contributed by atoms with Crippen LogP contribution in [0.25, 0.3) is 55.7 Å². The molecule has 2 aliphatic heterocycles. The number of sulfonamides is 2. The molecule has 0 saturated carbocycles. The van der Waals surface area contributed by atoms with Gasteiger partial charge in [0.2, 0.25) is 20.0 Å². The Morgan fingerprint density at radius 3 is 2.10 bits per heavy atom. The quantitative estimate of drug-likeness (QED) is 0.103. The summed E-state index contributed by atoms with van der Waals surface area (Å²) >= 11 is 0. The largest absolute Gasteiger partial charge is 0.394 e. The van der Waals surface area contributed by atoms with Crippen LogP contribution in [0.3, 0.4) is 0 Å². The van der Waals surface area contributed by atoms with Crippen LogP contribution in [0.1, 0.15) is 16.7 Å². The molecule has 2 saturated heterocycles. The molecule has 0 unspecified atom stereocenters. The topological polar surface area (TPSA) is 189 Å². The number of aromatic nitrogens is 4. The third-order valence-corrected chi connectivity index (χ3v) is 15.1. The summed E-state index contributed by atoms with van der Waals surface area (Å²) in [7, 11) is -7.83. The van der Waals surface area contributed by atoms with Crippen LogP contribution in [0.2, 0.25) is 0 Å². The first-order chi connectivity index (χ1) is 33.5. The van der Waals surface area contributed by atoms with Gasteiger partial charge >= 0.3 is 0 Å². The molecular formula is C52H50N8O7S2. The molecule has 2 aliphatic rings.